The number of benzene rings is 3. The number of aliphatic hydroxyl groups excluding tert-OH is 1. The molecule has 3 N–H and O–H groups in total. The number of fused-ring (bicyclic) bond motifs is 2. The van der Waals surface area contributed by atoms with Crippen LogP contribution in [-0.4, -0.2) is 60.0 Å². The molecule has 7 nitrogen and oxygen atoms in total. The van der Waals surface area contributed by atoms with Crippen molar-refractivity contribution in [3.05, 3.63) is 95.5 Å². The molecule has 0 bridgehead atoms. The van der Waals surface area contributed by atoms with Gasteiger partial charge in [-0.15, -0.1) is 13.2 Å². The van der Waals surface area contributed by atoms with Gasteiger partial charge in [0.15, 0.2) is 5.82 Å². The van der Waals surface area contributed by atoms with Gasteiger partial charge in [0, 0.05) is 24.8 Å². The minimum absolute atomic E-state index is 0.0924. The van der Waals surface area contributed by atoms with Crippen molar-refractivity contribution in [3.63, 3.8) is 0 Å². The largest absolute Gasteiger partial charge is 0.388 e. The number of aryl methyl sites for hydroxylation is 2. The zero-order valence-corrected chi connectivity index (χ0v) is 26.4. The standard InChI is InChI=1S/C21H22F3N5.C11H14O.C2H4.CH2O/c1-25-17-6-4-15(22)18(20(17)24)13-3-5-16-14(19(13)23)11-26-21(28-16)27-12-7-9-29(2)10-8-12;1-7-5-8(2)9-3-4-11(12)10(9)6-7;2*1-2/h3-6,11-12,25H,7-10H2,1-2H3,(H,26,27,28);5-6,11-12H,3-4H2,1-2H3;1-2H2;1H2. The van der Waals surface area contributed by atoms with Gasteiger partial charge in [-0.05, 0) is 101 Å². The van der Waals surface area contributed by atoms with Gasteiger partial charge in [-0.1, -0.05) is 17.7 Å². The maximum absolute atomic E-state index is 15.1. The second-order valence-electron chi connectivity index (χ2n) is 11.0. The van der Waals surface area contributed by atoms with Crippen molar-refractivity contribution in [2.45, 2.75) is 51.7 Å². The molecule has 4 aromatic rings. The lowest BCUT2D eigenvalue weighted by molar-refractivity contribution is -0.0980. The van der Waals surface area contributed by atoms with Crippen LogP contribution in [-0.2, 0) is 11.2 Å². The molecule has 240 valence electrons. The highest BCUT2D eigenvalue weighted by molar-refractivity contribution is 5.86. The smallest absolute Gasteiger partial charge is 0.223 e. The number of carbonyl (C=O) groups excluding carboxylic acids is 1. The van der Waals surface area contributed by atoms with Crippen molar-refractivity contribution in [2.75, 3.05) is 37.8 Å². The highest BCUT2D eigenvalue weighted by Crippen LogP contribution is 2.35. The Labute approximate surface area is 263 Å². The molecule has 1 aliphatic carbocycles. The van der Waals surface area contributed by atoms with Crippen LogP contribution >= 0.6 is 0 Å². The Morgan fingerprint density at radius 1 is 0.978 bits per heavy atom. The molecule has 45 heavy (non-hydrogen) atoms. The van der Waals surface area contributed by atoms with Crippen molar-refractivity contribution in [1.82, 2.24) is 14.9 Å². The molecule has 0 amide bonds. The summed E-state index contributed by atoms with van der Waals surface area (Å²) in [6, 6.07) is 9.86. The van der Waals surface area contributed by atoms with Crippen LogP contribution in [0.1, 0.15) is 47.6 Å². The first-order valence-corrected chi connectivity index (χ1v) is 14.8. The van der Waals surface area contributed by atoms with Crippen LogP contribution in [0.2, 0.25) is 0 Å². The van der Waals surface area contributed by atoms with E-state index in [4.69, 9.17) is 4.79 Å². The van der Waals surface area contributed by atoms with E-state index in [-0.39, 0.29) is 28.8 Å². The Hall–Kier alpha value is -4.28. The lowest BCUT2D eigenvalue weighted by atomic mass is 10.0. The van der Waals surface area contributed by atoms with Crippen LogP contribution < -0.4 is 10.6 Å². The molecule has 0 saturated carbocycles. The summed E-state index contributed by atoms with van der Waals surface area (Å²) >= 11 is 0. The van der Waals surface area contributed by atoms with E-state index in [1.54, 1.807) is 6.07 Å². The van der Waals surface area contributed by atoms with Crippen molar-refractivity contribution in [3.8, 4) is 11.1 Å². The van der Waals surface area contributed by atoms with Gasteiger partial charge in [-0.25, -0.2) is 23.1 Å². The summed E-state index contributed by atoms with van der Waals surface area (Å²) in [5, 5.41) is 15.7. The molecule has 3 aromatic carbocycles. The maximum Gasteiger partial charge on any atom is 0.223 e. The van der Waals surface area contributed by atoms with Crippen molar-refractivity contribution >= 4 is 29.3 Å². The average Bonchev–Trinajstić information content (AvgIpc) is 3.42. The third-order valence-corrected chi connectivity index (χ3v) is 8.06. The molecule has 1 fully saturated rings. The molecule has 0 radical (unpaired) electrons. The van der Waals surface area contributed by atoms with Crippen LogP contribution in [0.5, 0.6) is 0 Å². The Balaban J connectivity index is 0.000000287. The molecule has 2 heterocycles. The van der Waals surface area contributed by atoms with Gasteiger partial charge in [-0.2, -0.15) is 0 Å². The molecule has 6 rings (SSSR count). The lowest BCUT2D eigenvalue weighted by Gasteiger charge is -2.29. The minimum atomic E-state index is -0.841. The van der Waals surface area contributed by atoms with Gasteiger partial charge < -0.3 is 25.4 Å². The first kappa shape index (κ1) is 35.2. The first-order valence-electron chi connectivity index (χ1n) is 14.8. The Bertz CT molecular complexity index is 1610. The quantitative estimate of drug-likeness (QED) is 0.208. The molecular formula is C35H42F3N5O2. The Morgan fingerprint density at radius 3 is 2.33 bits per heavy atom. The number of hydrogen-bond donors (Lipinski definition) is 3. The predicted molar refractivity (Wildman–Crippen MR) is 176 cm³/mol. The molecule has 10 heteroatoms. The number of rotatable bonds is 4. The molecule has 1 aromatic heterocycles. The van der Waals surface area contributed by atoms with Crippen LogP contribution in [0.15, 0.2) is 55.8 Å². The van der Waals surface area contributed by atoms with E-state index < -0.39 is 23.0 Å². The summed E-state index contributed by atoms with van der Waals surface area (Å²) in [6.07, 6.45) is 5.05. The zero-order valence-electron chi connectivity index (χ0n) is 26.4. The molecule has 1 atom stereocenters. The summed E-state index contributed by atoms with van der Waals surface area (Å²) in [4.78, 5) is 18.9. The van der Waals surface area contributed by atoms with E-state index in [1.165, 1.54) is 42.1 Å². The number of aliphatic hydroxyl groups is 1. The monoisotopic (exact) mass is 621 g/mol. The average molecular weight is 622 g/mol. The first-order chi connectivity index (χ1) is 21.7. The number of carbonyl (C=O) groups is 1. The number of nitrogens with one attached hydrogen (secondary N) is 2. The summed E-state index contributed by atoms with van der Waals surface area (Å²) in [5.74, 6) is -2.00. The molecular weight excluding hydrogens is 579 g/mol. The third-order valence-electron chi connectivity index (χ3n) is 8.06. The highest BCUT2D eigenvalue weighted by atomic mass is 19.1. The number of nitrogens with zero attached hydrogens (tertiary/aromatic N) is 3. The van der Waals surface area contributed by atoms with E-state index in [9.17, 15) is 13.9 Å². The van der Waals surface area contributed by atoms with Crippen LogP contribution in [0.25, 0.3) is 22.0 Å². The van der Waals surface area contributed by atoms with Crippen molar-refractivity contribution < 1.29 is 23.1 Å². The van der Waals surface area contributed by atoms with Gasteiger partial charge in [0.2, 0.25) is 5.95 Å². The van der Waals surface area contributed by atoms with E-state index in [0.29, 0.717) is 11.5 Å². The van der Waals surface area contributed by atoms with Crippen molar-refractivity contribution in [1.29, 1.82) is 0 Å². The van der Waals surface area contributed by atoms with Crippen LogP contribution in [0, 0.1) is 31.3 Å². The van der Waals surface area contributed by atoms with Gasteiger partial charge in [0.05, 0.1) is 28.3 Å². The lowest BCUT2D eigenvalue weighted by Crippen LogP contribution is -2.37. The number of piperidine rings is 1. The maximum atomic E-state index is 15.1. The number of anilines is 2. The van der Waals surface area contributed by atoms with Gasteiger partial charge >= 0.3 is 0 Å². The van der Waals surface area contributed by atoms with Gasteiger partial charge in [-0.3, -0.25) is 0 Å². The Kier molecular flexibility index (Phi) is 12.6. The molecule has 1 aliphatic heterocycles. The molecule has 1 saturated heterocycles. The number of halogens is 3. The summed E-state index contributed by atoms with van der Waals surface area (Å²) in [7, 11) is 3.60. The summed E-state index contributed by atoms with van der Waals surface area (Å²) in [6.45, 7) is 14.2. The normalized spacial score (nSPS) is 15.9. The topological polar surface area (TPSA) is 90.4 Å². The summed E-state index contributed by atoms with van der Waals surface area (Å²) < 4.78 is 44.1. The second kappa shape index (κ2) is 16.2. The van der Waals surface area contributed by atoms with E-state index in [0.717, 1.165) is 50.4 Å². The van der Waals surface area contributed by atoms with E-state index >= 15 is 4.39 Å². The molecule has 2 aliphatic rings. The number of aromatic nitrogens is 2. The van der Waals surface area contributed by atoms with Crippen LogP contribution in [0.3, 0.4) is 0 Å². The second-order valence-corrected chi connectivity index (χ2v) is 11.0. The molecule has 1 unspecified atom stereocenters. The minimum Gasteiger partial charge on any atom is -0.388 e. The molecule has 0 spiro atoms. The zero-order chi connectivity index (χ0) is 33.3. The number of likely N-dealkylation sites (tertiary alicyclic amines) is 1. The highest BCUT2D eigenvalue weighted by Gasteiger charge is 2.23. The fourth-order valence-corrected chi connectivity index (χ4v) is 5.77. The summed E-state index contributed by atoms with van der Waals surface area (Å²) in [5.41, 5.74) is 5.01. The third kappa shape index (κ3) is 8.06. The van der Waals surface area contributed by atoms with E-state index in [2.05, 4.69) is 71.7 Å². The van der Waals surface area contributed by atoms with Crippen LogP contribution in [0.4, 0.5) is 24.8 Å². The van der Waals surface area contributed by atoms with E-state index in [1.807, 2.05) is 6.79 Å². The number of hydrogen-bond acceptors (Lipinski definition) is 7. The van der Waals surface area contributed by atoms with Gasteiger partial charge in [0.1, 0.15) is 18.4 Å². The fraction of sp³-hybridized carbons (Fsp3) is 0.343. The van der Waals surface area contributed by atoms with Crippen molar-refractivity contribution in [2.24, 2.45) is 0 Å². The van der Waals surface area contributed by atoms with Gasteiger partial charge in [0.25, 0.3) is 0 Å². The predicted octanol–water partition coefficient (Wildman–Crippen LogP) is 7.16. The SMILES string of the molecule is C=C.C=O.CNc1ccc(F)c(-c2ccc3nc(NC4CCN(C)CC4)ncc3c2F)c1F.Cc1cc(C)c2c(c1)C(O)CC2. The Morgan fingerprint density at radius 2 is 1.67 bits per heavy atom. The fourth-order valence-electron chi connectivity index (χ4n) is 5.77.